The molecule has 1 unspecified atom stereocenters. The van der Waals surface area contributed by atoms with Crippen LogP contribution in [0, 0.1) is 5.92 Å². The van der Waals surface area contributed by atoms with Crippen molar-refractivity contribution < 1.29 is 0 Å². The third-order valence-corrected chi connectivity index (χ3v) is 3.93. The monoisotopic (exact) mass is 241 g/mol. The Morgan fingerprint density at radius 2 is 1.89 bits per heavy atom. The Hall–Kier alpha value is -1.64. The van der Waals surface area contributed by atoms with E-state index < -0.39 is 0 Å². The number of nitrogens with one attached hydrogen (secondary N) is 1. The molecule has 1 saturated carbocycles. The van der Waals surface area contributed by atoms with Gasteiger partial charge in [-0.3, -0.25) is 4.98 Å². The van der Waals surface area contributed by atoms with Gasteiger partial charge in [-0.05, 0) is 37.8 Å². The molecule has 94 valence electrons. The molecule has 1 fully saturated rings. The number of nitrogens with zero attached hydrogens (tertiary/aromatic N) is 2. The molecule has 1 aromatic heterocycles. The summed E-state index contributed by atoms with van der Waals surface area (Å²) in [6, 6.07) is 8.48. The van der Waals surface area contributed by atoms with Gasteiger partial charge in [0.25, 0.3) is 0 Å². The molecule has 3 heteroatoms. The maximum Gasteiger partial charge on any atom is 0.145 e. The zero-order chi connectivity index (χ0) is 12.4. The number of benzene rings is 1. The third kappa shape index (κ3) is 2.30. The predicted molar refractivity (Wildman–Crippen MR) is 74.6 cm³/mol. The lowest BCUT2D eigenvalue weighted by atomic mass is 10.00. The molecule has 18 heavy (non-hydrogen) atoms. The molecule has 1 aromatic carbocycles. The topological polar surface area (TPSA) is 37.8 Å². The first-order valence-electron chi connectivity index (χ1n) is 6.81. The highest BCUT2D eigenvalue weighted by molar-refractivity contribution is 5.75. The van der Waals surface area contributed by atoms with Gasteiger partial charge in [0.15, 0.2) is 0 Å². The highest BCUT2D eigenvalue weighted by Crippen LogP contribution is 2.29. The molecule has 3 rings (SSSR count). The molecular formula is C15H19N3. The lowest BCUT2D eigenvalue weighted by Crippen LogP contribution is -2.24. The molecule has 3 nitrogen and oxygen atoms in total. The second-order valence-electron chi connectivity index (χ2n) is 5.22. The van der Waals surface area contributed by atoms with Crippen LogP contribution in [-0.2, 0) is 0 Å². The highest BCUT2D eigenvalue weighted by atomic mass is 15.0. The minimum atomic E-state index is 0.489. The van der Waals surface area contributed by atoms with E-state index in [4.69, 9.17) is 0 Å². The average molecular weight is 241 g/mol. The van der Waals surface area contributed by atoms with Crippen molar-refractivity contribution in [1.82, 2.24) is 9.97 Å². The van der Waals surface area contributed by atoms with Crippen molar-refractivity contribution in [1.29, 1.82) is 0 Å². The molecule has 1 aliphatic carbocycles. The number of hydrogen-bond donors (Lipinski definition) is 1. The van der Waals surface area contributed by atoms with Crippen molar-refractivity contribution >= 4 is 16.9 Å². The van der Waals surface area contributed by atoms with Gasteiger partial charge in [0, 0.05) is 6.04 Å². The smallest absolute Gasteiger partial charge is 0.145 e. The summed E-state index contributed by atoms with van der Waals surface area (Å²) < 4.78 is 0. The second kappa shape index (κ2) is 4.92. The highest BCUT2D eigenvalue weighted by Gasteiger charge is 2.21. The average Bonchev–Trinajstić information content (AvgIpc) is 2.92. The maximum absolute atomic E-state index is 4.61. The van der Waals surface area contributed by atoms with Crippen LogP contribution >= 0.6 is 0 Å². The van der Waals surface area contributed by atoms with E-state index in [1.54, 1.807) is 0 Å². The van der Waals surface area contributed by atoms with E-state index in [1.807, 2.05) is 30.5 Å². The molecular weight excluding hydrogens is 222 g/mol. The van der Waals surface area contributed by atoms with Gasteiger partial charge in [-0.25, -0.2) is 4.98 Å². The molecule has 1 atom stereocenters. The fourth-order valence-corrected chi connectivity index (χ4v) is 2.84. The number of fused-ring (bicyclic) bond motifs is 1. The van der Waals surface area contributed by atoms with Crippen LogP contribution in [0.25, 0.3) is 11.0 Å². The van der Waals surface area contributed by atoms with Crippen molar-refractivity contribution in [2.45, 2.75) is 38.6 Å². The van der Waals surface area contributed by atoms with Crippen molar-refractivity contribution in [2.75, 3.05) is 5.32 Å². The standard InChI is InChI=1S/C15H19N3/c1-11(12-6-2-3-7-12)17-15-10-16-13-8-4-5-9-14(13)18-15/h4-5,8-12H,2-3,6-7H2,1H3,(H,17,18). The zero-order valence-electron chi connectivity index (χ0n) is 10.8. The summed E-state index contributed by atoms with van der Waals surface area (Å²) in [4.78, 5) is 9.05. The number of aromatic nitrogens is 2. The number of anilines is 1. The van der Waals surface area contributed by atoms with Crippen molar-refractivity contribution in [3.8, 4) is 0 Å². The lowest BCUT2D eigenvalue weighted by molar-refractivity contribution is 0.481. The summed E-state index contributed by atoms with van der Waals surface area (Å²) in [5.74, 6) is 1.69. The lowest BCUT2D eigenvalue weighted by Gasteiger charge is -2.20. The van der Waals surface area contributed by atoms with Gasteiger partial charge in [0.1, 0.15) is 5.82 Å². The van der Waals surface area contributed by atoms with Gasteiger partial charge < -0.3 is 5.32 Å². The first-order valence-corrected chi connectivity index (χ1v) is 6.81. The molecule has 0 bridgehead atoms. The Morgan fingerprint density at radius 1 is 1.17 bits per heavy atom. The van der Waals surface area contributed by atoms with Gasteiger partial charge >= 0.3 is 0 Å². The number of rotatable bonds is 3. The summed E-state index contributed by atoms with van der Waals surface area (Å²) >= 11 is 0. The molecule has 0 saturated heterocycles. The third-order valence-electron chi connectivity index (χ3n) is 3.93. The fraction of sp³-hybridized carbons (Fsp3) is 0.467. The quantitative estimate of drug-likeness (QED) is 0.891. The summed E-state index contributed by atoms with van der Waals surface area (Å²) in [5.41, 5.74) is 1.91. The van der Waals surface area contributed by atoms with E-state index in [-0.39, 0.29) is 0 Å². The van der Waals surface area contributed by atoms with Crippen molar-refractivity contribution in [3.05, 3.63) is 30.5 Å². The van der Waals surface area contributed by atoms with E-state index in [0.29, 0.717) is 6.04 Å². The predicted octanol–water partition coefficient (Wildman–Crippen LogP) is 3.62. The largest absolute Gasteiger partial charge is 0.366 e. The summed E-state index contributed by atoms with van der Waals surface area (Å²) in [5, 5.41) is 3.50. The molecule has 1 heterocycles. The van der Waals surface area contributed by atoms with Gasteiger partial charge in [-0.15, -0.1) is 0 Å². The van der Waals surface area contributed by atoms with Crippen molar-refractivity contribution in [2.24, 2.45) is 5.92 Å². The van der Waals surface area contributed by atoms with Crippen LogP contribution < -0.4 is 5.32 Å². The van der Waals surface area contributed by atoms with E-state index in [0.717, 1.165) is 22.8 Å². The Balaban J connectivity index is 1.77. The van der Waals surface area contributed by atoms with Crippen LogP contribution in [0.15, 0.2) is 30.5 Å². The molecule has 0 radical (unpaired) electrons. The van der Waals surface area contributed by atoms with Crippen LogP contribution in [-0.4, -0.2) is 16.0 Å². The minimum absolute atomic E-state index is 0.489. The summed E-state index contributed by atoms with van der Waals surface area (Å²) in [6.45, 7) is 2.26. The zero-order valence-corrected chi connectivity index (χ0v) is 10.8. The Bertz CT molecular complexity index is 532. The summed E-state index contributed by atoms with van der Waals surface area (Å²) in [6.07, 6.45) is 7.28. The van der Waals surface area contributed by atoms with Gasteiger partial charge in [0.05, 0.1) is 17.2 Å². The van der Waals surface area contributed by atoms with Crippen LogP contribution in [0.1, 0.15) is 32.6 Å². The number of para-hydroxylation sites is 2. The molecule has 0 aliphatic heterocycles. The molecule has 0 amide bonds. The normalized spacial score (nSPS) is 18.1. The molecule has 0 spiro atoms. The Morgan fingerprint density at radius 3 is 2.67 bits per heavy atom. The van der Waals surface area contributed by atoms with Crippen molar-refractivity contribution in [3.63, 3.8) is 0 Å². The fourth-order valence-electron chi connectivity index (χ4n) is 2.84. The van der Waals surface area contributed by atoms with Crippen LogP contribution in [0.4, 0.5) is 5.82 Å². The molecule has 1 aliphatic rings. The van der Waals surface area contributed by atoms with Gasteiger partial charge in [-0.1, -0.05) is 25.0 Å². The second-order valence-corrected chi connectivity index (χ2v) is 5.22. The maximum atomic E-state index is 4.61. The summed E-state index contributed by atoms with van der Waals surface area (Å²) in [7, 11) is 0. The Labute approximate surface area is 108 Å². The first kappa shape index (κ1) is 11.5. The van der Waals surface area contributed by atoms with E-state index in [1.165, 1.54) is 25.7 Å². The Kier molecular flexibility index (Phi) is 3.13. The molecule has 2 aromatic rings. The molecule has 1 N–H and O–H groups in total. The SMILES string of the molecule is CC(Nc1cnc2ccccc2n1)C1CCCC1. The van der Waals surface area contributed by atoms with E-state index >= 15 is 0 Å². The van der Waals surface area contributed by atoms with E-state index in [2.05, 4.69) is 22.2 Å². The van der Waals surface area contributed by atoms with Crippen LogP contribution in [0.5, 0.6) is 0 Å². The van der Waals surface area contributed by atoms with Gasteiger partial charge in [0.2, 0.25) is 0 Å². The number of hydrogen-bond acceptors (Lipinski definition) is 3. The van der Waals surface area contributed by atoms with E-state index in [9.17, 15) is 0 Å². The van der Waals surface area contributed by atoms with Gasteiger partial charge in [-0.2, -0.15) is 0 Å². The minimum Gasteiger partial charge on any atom is -0.366 e. The van der Waals surface area contributed by atoms with Crippen LogP contribution in [0.2, 0.25) is 0 Å². The van der Waals surface area contributed by atoms with Crippen LogP contribution in [0.3, 0.4) is 0 Å². The first-order chi connectivity index (χ1) is 8.83.